The average molecular weight is 475 g/mol. The lowest BCUT2D eigenvalue weighted by Crippen LogP contribution is -2.37. The topological polar surface area (TPSA) is 69.9 Å². The van der Waals surface area contributed by atoms with Crippen molar-refractivity contribution < 1.29 is 20.1 Å². The summed E-state index contributed by atoms with van der Waals surface area (Å²) in [6, 6.07) is 0. The number of hydrogen-bond donors (Lipinski definition) is 3. The van der Waals surface area contributed by atoms with Gasteiger partial charge in [-0.1, -0.05) is 45.1 Å². The van der Waals surface area contributed by atoms with Crippen molar-refractivity contribution in [1.29, 1.82) is 0 Å². The highest BCUT2D eigenvalue weighted by Gasteiger charge is 2.50. The first-order chi connectivity index (χ1) is 15.9. The van der Waals surface area contributed by atoms with E-state index in [4.69, 9.17) is 4.74 Å². The predicted octanol–water partition coefficient (Wildman–Crippen LogP) is 5.97. The number of aliphatic hydroxyl groups is 3. The van der Waals surface area contributed by atoms with Crippen LogP contribution in [0.4, 0.5) is 0 Å². The van der Waals surface area contributed by atoms with Gasteiger partial charge in [-0.05, 0) is 106 Å². The molecule has 0 amide bonds. The van der Waals surface area contributed by atoms with Gasteiger partial charge in [0.15, 0.2) is 0 Å². The van der Waals surface area contributed by atoms with Crippen LogP contribution in [-0.2, 0) is 4.74 Å². The summed E-state index contributed by atoms with van der Waals surface area (Å²) in [6.07, 6.45) is 13.2. The number of rotatable bonds is 9. The van der Waals surface area contributed by atoms with E-state index in [0.29, 0.717) is 36.0 Å². The summed E-state index contributed by atoms with van der Waals surface area (Å²) in [6.45, 7) is 16.4. The lowest BCUT2D eigenvalue weighted by molar-refractivity contribution is 0.0209. The first-order valence-electron chi connectivity index (χ1n) is 13.6. The lowest BCUT2D eigenvalue weighted by atomic mass is 9.61. The van der Waals surface area contributed by atoms with E-state index in [2.05, 4.69) is 32.6 Å². The Morgan fingerprint density at radius 3 is 2.65 bits per heavy atom. The minimum atomic E-state index is -0.611. The van der Waals surface area contributed by atoms with Gasteiger partial charge in [-0.3, -0.25) is 0 Å². The second-order valence-corrected chi connectivity index (χ2v) is 12.8. The Hall–Kier alpha value is -0.940. The van der Waals surface area contributed by atoms with E-state index in [0.717, 1.165) is 43.6 Å². The van der Waals surface area contributed by atoms with Crippen LogP contribution < -0.4 is 0 Å². The Morgan fingerprint density at radius 1 is 1.24 bits per heavy atom. The molecular weight excluding hydrogens is 424 g/mol. The normalized spacial score (nSPS) is 37.9. The predicted molar refractivity (Wildman–Crippen MR) is 139 cm³/mol. The number of fused-ring (bicyclic) bond motifs is 1. The molecule has 194 valence electrons. The Morgan fingerprint density at radius 2 is 1.97 bits per heavy atom. The third-order valence-electron chi connectivity index (χ3n) is 9.29. The van der Waals surface area contributed by atoms with Crippen LogP contribution in [0.25, 0.3) is 0 Å². The van der Waals surface area contributed by atoms with Gasteiger partial charge >= 0.3 is 0 Å². The van der Waals surface area contributed by atoms with E-state index in [1.807, 2.05) is 20.8 Å². The molecule has 0 unspecified atom stereocenters. The molecule has 0 spiro atoms. The van der Waals surface area contributed by atoms with E-state index < -0.39 is 17.1 Å². The van der Waals surface area contributed by atoms with Crippen LogP contribution in [0.3, 0.4) is 0 Å². The molecule has 3 N–H and O–H groups in total. The largest absolute Gasteiger partial charge is 0.395 e. The van der Waals surface area contributed by atoms with Crippen LogP contribution in [0.1, 0.15) is 92.4 Å². The second kappa shape index (κ2) is 11.0. The van der Waals surface area contributed by atoms with Crippen LogP contribution in [0, 0.1) is 28.6 Å². The average Bonchev–Trinajstić information content (AvgIpc) is 3.11. The zero-order chi connectivity index (χ0) is 25.1. The molecule has 0 saturated heterocycles. The van der Waals surface area contributed by atoms with Gasteiger partial charge in [0.05, 0.1) is 18.3 Å². The first kappa shape index (κ1) is 27.6. The number of hydrogen-bond acceptors (Lipinski definition) is 4. The van der Waals surface area contributed by atoms with Crippen molar-refractivity contribution >= 4 is 0 Å². The van der Waals surface area contributed by atoms with Crippen molar-refractivity contribution in [3.8, 4) is 0 Å². The molecule has 0 aliphatic heterocycles. The van der Waals surface area contributed by atoms with E-state index in [1.54, 1.807) is 5.57 Å². The van der Waals surface area contributed by atoms with Crippen molar-refractivity contribution in [3.63, 3.8) is 0 Å². The number of aliphatic hydroxyl groups excluding tert-OH is 2. The Balaban J connectivity index is 1.65. The molecule has 3 saturated carbocycles. The fourth-order valence-corrected chi connectivity index (χ4v) is 7.22. The molecule has 0 aromatic rings. The van der Waals surface area contributed by atoms with Gasteiger partial charge < -0.3 is 20.1 Å². The first-order valence-corrected chi connectivity index (χ1v) is 13.6. The quantitative estimate of drug-likeness (QED) is 0.360. The summed E-state index contributed by atoms with van der Waals surface area (Å²) in [5, 5.41) is 30.2. The molecule has 34 heavy (non-hydrogen) atoms. The van der Waals surface area contributed by atoms with Gasteiger partial charge in [0.25, 0.3) is 0 Å². The molecule has 0 aromatic heterocycles. The molecule has 3 rings (SSSR count). The highest BCUT2D eigenvalue weighted by atomic mass is 16.5. The molecule has 0 aromatic carbocycles. The summed E-state index contributed by atoms with van der Waals surface area (Å²) in [5.41, 5.74) is 2.92. The maximum absolute atomic E-state index is 10.4. The summed E-state index contributed by atoms with van der Waals surface area (Å²) in [7, 11) is 0. The minimum absolute atomic E-state index is 0.0247. The minimum Gasteiger partial charge on any atom is -0.395 e. The van der Waals surface area contributed by atoms with Gasteiger partial charge in [0, 0.05) is 18.6 Å². The SMILES string of the molecule is C=C1/C(=C\C=C2/CCC[C@]3(C)[C@@H]([C@@H](C)COCCCC(C)(C)O)CC[C@@H]23)C[C@H](O)C[C@]1(C)CO. The van der Waals surface area contributed by atoms with Gasteiger partial charge in [-0.15, -0.1) is 0 Å². The van der Waals surface area contributed by atoms with Gasteiger partial charge in [-0.2, -0.15) is 0 Å². The Kier molecular flexibility index (Phi) is 8.93. The molecule has 0 radical (unpaired) electrons. The molecule has 6 atom stereocenters. The fraction of sp³-hybridized carbons (Fsp3) is 0.800. The van der Waals surface area contributed by atoms with E-state index in [-0.39, 0.29) is 6.61 Å². The van der Waals surface area contributed by atoms with E-state index in [9.17, 15) is 15.3 Å². The smallest absolute Gasteiger partial charge is 0.0592 e. The zero-order valence-electron chi connectivity index (χ0n) is 22.4. The molecule has 3 fully saturated rings. The Labute approximate surface area is 208 Å². The highest BCUT2D eigenvalue weighted by molar-refractivity contribution is 5.40. The van der Waals surface area contributed by atoms with Crippen LogP contribution >= 0.6 is 0 Å². The van der Waals surface area contributed by atoms with Gasteiger partial charge in [0.1, 0.15) is 0 Å². The summed E-state index contributed by atoms with van der Waals surface area (Å²) >= 11 is 0. The van der Waals surface area contributed by atoms with Crippen molar-refractivity contribution in [2.24, 2.45) is 28.6 Å². The maximum atomic E-state index is 10.4. The van der Waals surface area contributed by atoms with Crippen molar-refractivity contribution in [2.45, 2.75) is 104 Å². The molecule has 4 heteroatoms. The fourth-order valence-electron chi connectivity index (χ4n) is 7.22. The third-order valence-corrected chi connectivity index (χ3v) is 9.29. The molecule has 0 bridgehead atoms. The van der Waals surface area contributed by atoms with Gasteiger partial charge in [-0.25, -0.2) is 0 Å². The monoisotopic (exact) mass is 474 g/mol. The van der Waals surface area contributed by atoms with Crippen LogP contribution in [0.5, 0.6) is 0 Å². The molecule has 3 aliphatic carbocycles. The Bertz CT molecular complexity index is 775. The third kappa shape index (κ3) is 6.24. The molecule has 0 heterocycles. The highest BCUT2D eigenvalue weighted by Crippen LogP contribution is 2.59. The number of ether oxygens (including phenoxy) is 1. The molecule has 3 aliphatic rings. The standard InChI is InChI=1S/C30H50O4/c1-21(19-34-16-8-14-28(3,4)33)26-12-13-27-23(9-7-15-30(26,27)6)10-11-24-17-25(32)18-29(5,20-31)22(24)2/h10-11,21,25-27,31-33H,2,7-9,12-20H2,1,3-6H3/b23-10+,24-11-/t21-,25-,26+,27-,29+,30+/m0/s1. The van der Waals surface area contributed by atoms with Crippen LogP contribution in [0.2, 0.25) is 0 Å². The second-order valence-electron chi connectivity index (χ2n) is 12.8. The van der Waals surface area contributed by atoms with Crippen LogP contribution in [0.15, 0.2) is 35.5 Å². The van der Waals surface area contributed by atoms with Crippen LogP contribution in [-0.4, -0.2) is 46.8 Å². The lowest BCUT2D eigenvalue weighted by Gasteiger charge is -2.44. The summed E-state index contributed by atoms with van der Waals surface area (Å²) < 4.78 is 6.04. The van der Waals surface area contributed by atoms with Crippen molar-refractivity contribution in [1.82, 2.24) is 0 Å². The summed E-state index contributed by atoms with van der Waals surface area (Å²) in [4.78, 5) is 0. The van der Waals surface area contributed by atoms with E-state index >= 15 is 0 Å². The number of allylic oxidation sites excluding steroid dienone is 3. The van der Waals surface area contributed by atoms with E-state index in [1.165, 1.54) is 25.7 Å². The summed E-state index contributed by atoms with van der Waals surface area (Å²) in [5.74, 6) is 1.83. The zero-order valence-corrected chi connectivity index (χ0v) is 22.4. The van der Waals surface area contributed by atoms with Crippen molar-refractivity contribution in [3.05, 3.63) is 35.5 Å². The maximum Gasteiger partial charge on any atom is 0.0592 e. The molecular formula is C30H50O4. The van der Waals surface area contributed by atoms with Crippen molar-refractivity contribution in [2.75, 3.05) is 19.8 Å². The van der Waals surface area contributed by atoms with Gasteiger partial charge in [0.2, 0.25) is 0 Å². The molecule has 4 nitrogen and oxygen atoms in total.